The highest BCUT2D eigenvalue weighted by Crippen LogP contribution is 2.22. The number of aliphatic carboxylic acids is 1. The minimum absolute atomic E-state index is 0.164. The Morgan fingerprint density at radius 3 is 2.32 bits per heavy atom. The van der Waals surface area contributed by atoms with Gasteiger partial charge >= 0.3 is 5.97 Å². The molecule has 0 unspecified atom stereocenters. The van der Waals surface area contributed by atoms with Crippen LogP contribution in [-0.4, -0.2) is 21.0 Å². The van der Waals surface area contributed by atoms with Crippen molar-refractivity contribution in [2.45, 2.75) is 12.8 Å². The fraction of sp³-hybridized carbons (Fsp3) is 0.111. The molecule has 0 amide bonds. The van der Waals surface area contributed by atoms with Gasteiger partial charge in [0, 0.05) is 36.3 Å². The van der Waals surface area contributed by atoms with E-state index in [-0.39, 0.29) is 6.42 Å². The zero-order chi connectivity index (χ0) is 15.6. The van der Waals surface area contributed by atoms with Gasteiger partial charge in [-0.1, -0.05) is 30.3 Å². The first-order valence-corrected chi connectivity index (χ1v) is 7.06. The molecule has 0 spiro atoms. The van der Waals surface area contributed by atoms with Crippen LogP contribution in [0.15, 0.2) is 73.2 Å². The lowest BCUT2D eigenvalue weighted by Gasteiger charge is -2.06. The monoisotopic (exact) mass is 294 g/mol. The molecule has 0 bridgehead atoms. The summed E-state index contributed by atoms with van der Waals surface area (Å²) in [5, 5.41) is 8.69. The number of nitrogens with zero attached hydrogens (tertiary/aromatic N) is 1. The predicted molar refractivity (Wildman–Crippen MR) is 86.4 cm³/mol. The molecule has 22 heavy (non-hydrogen) atoms. The summed E-state index contributed by atoms with van der Waals surface area (Å²) in [5.41, 5.74) is 3.17. The molecule has 0 fully saturated rings. The second-order valence-electron chi connectivity index (χ2n) is 4.66. The van der Waals surface area contributed by atoms with Gasteiger partial charge in [-0.3, -0.25) is 9.78 Å². The highest BCUT2D eigenvalue weighted by molar-refractivity contribution is 5.69. The van der Waals surface area contributed by atoms with Crippen molar-refractivity contribution in [3.8, 4) is 11.3 Å². The summed E-state index contributed by atoms with van der Waals surface area (Å²) in [5.74, 6) is -0.763. The normalized spacial score (nSPS) is 9.64. The minimum atomic E-state index is -0.763. The smallest absolute Gasteiger partial charge is 0.303 e. The largest absolute Gasteiger partial charge is 0.481 e. The van der Waals surface area contributed by atoms with Crippen LogP contribution >= 0.6 is 0 Å². The van der Waals surface area contributed by atoms with Crippen LogP contribution < -0.4 is 0 Å². The number of H-pyrrole nitrogens is 1. The third-order valence-corrected chi connectivity index (χ3v) is 3.08. The molecule has 0 aliphatic rings. The molecule has 4 heteroatoms. The van der Waals surface area contributed by atoms with Crippen molar-refractivity contribution in [1.29, 1.82) is 0 Å². The lowest BCUT2D eigenvalue weighted by Crippen LogP contribution is -1.98. The first-order chi connectivity index (χ1) is 10.8. The van der Waals surface area contributed by atoms with Gasteiger partial charge in [-0.15, -0.1) is 0 Å². The van der Waals surface area contributed by atoms with Gasteiger partial charge in [-0.2, -0.15) is 0 Å². The second-order valence-corrected chi connectivity index (χ2v) is 4.66. The Morgan fingerprint density at radius 2 is 1.77 bits per heavy atom. The van der Waals surface area contributed by atoms with Crippen LogP contribution in [0, 0.1) is 0 Å². The van der Waals surface area contributed by atoms with Crippen molar-refractivity contribution in [2.75, 3.05) is 0 Å². The Hall–Kier alpha value is -2.88. The number of carboxylic acid groups (broad SMARTS) is 1. The molecular weight excluding hydrogens is 276 g/mol. The molecule has 3 rings (SSSR count). The van der Waals surface area contributed by atoms with E-state index in [2.05, 4.69) is 9.97 Å². The summed E-state index contributed by atoms with van der Waals surface area (Å²) in [6.07, 6.45) is 6.09. The standard InChI is InChI=1S/C13H13NO2.C5H5N/c15-13(16)8-7-10-4-1-2-5-11(10)12-6-3-9-14-12;1-2-4-6-5-3-1/h1-6,9,14H,7-8H2,(H,15,16);1-5H. The maximum atomic E-state index is 10.6. The number of carboxylic acids is 1. The number of nitrogens with one attached hydrogen (secondary N) is 1. The maximum absolute atomic E-state index is 10.6. The minimum Gasteiger partial charge on any atom is -0.481 e. The molecule has 2 aromatic heterocycles. The van der Waals surface area contributed by atoms with Crippen LogP contribution in [0.2, 0.25) is 0 Å². The molecule has 0 saturated carbocycles. The van der Waals surface area contributed by atoms with E-state index in [1.807, 2.05) is 60.8 Å². The average molecular weight is 294 g/mol. The highest BCUT2D eigenvalue weighted by atomic mass is 16.4. The number of pyridine rings is 1. The molecule has 0 aliphatic carbocycles. The summed E-state index contributed by atoms with van der Waals surface area (Å²) < 4.78 is 0. The van der Waals surface area contributed by atoms with Gasteiger partial charge in [-0.05, 0) is 36.2 Å². The summed E-state index contributed by atoms with van der Waals surface area (Å²) in [4.78, 5) is 17.5. The van der Waals surface area contributed by atoms with Gasteiger partial charge in [0.1, 0.15) is 0 Å². The predicted octanol–water partition coefficient (Wildman–Crippen LogP) is 3.78. The number of aromatic amines is 1. The molecule has 4 nitrogen and oxygen atoms in total. The summed E-state index contributed by atoms with van der Waals surface area (Å²) in [7, 11) is 0. The van der Waals surface area contributed by atoms with E-state index in [4.69, 9.17) is 5.11 Å². The zero-order valence-electron chi connectivity index (χ0n) is 12.1. The van der Waals surface area contributed by atoms with Crippen LogP contribution in [0.3, 0.4) is 0 Å². The second kappa shape index (κ2) is 8.42. The fourth-order valence-corrected chi connectivity index (χ4v) is 2.05. The molecule has 0 atom stereocenters. The SMILES string of the molecule is O=C(O)CCc1ccccc1-c1ccc[nH]1.c1ccncc1. The van der Waals surface area contributed by atoms with Crippen LogP contribution in [0.1, 0.15) is 12.0 Å². The molecule has 2 heterocycles. The van der Waals surface area contributed by atoms with Gasteiger partial charge in [0.25, 0.3) is 0 Å². The maximum Gasteiger partial charge on any atom is 0.303 e. The number of benzene rings is 1. The van der Waals surface area contributed by atoms with Crippen LogP contribution in [0.4, 0.5) is 0 Å². The first kappa shape index (κ1) is 15.5. The fourth-order valence-electron chi connectivity index (χ4n) is 2.05. The lowest BCUT2D eigenvalue weighted by atomic mass is 10.0. The molecule has 1 aromatic carbocycles. The van der Waals surface area contributed by atoms with Gasteiger partial charge in [0.2, 0.25) is 0 Å². The summed E-state index contributed by atoms with van der Waals surface area (Å²) >= 11 is 0. The highest BCUT2D eigenvalue weighted by Gasteiger charge is 2.06. The van der Waals surface area contributed by atoms with E-state index >= 15 is 0 Å². The van der Waals surface area contributed by atoms with Gasteiger partial charge in [0.05, 0.1) is 0 Å². The summed E-state index contributed by atoms with van der Waals surface area (Å²) in [6, 6.07) is 17.5. The van der Waals surface area contributed by atoms with Gasteiger partial charge in [-0.25, -0.2) is 0 Å². The quantitative estimate of drug-likeness (QED) is 0.769. The Labute approximate surface area is 129 Å². The van der Waals surface area contributed by atoms with Crippen molar-refractivity contribution < 1.29 is 9.90 Å². The van der Waals surface area contributed by atoms with E-state index in [9.17, 15) is 4.79 Å². The molecule has 112 valence electrons. The van der Waals surface area contributed by atoms with E-state index in [1.165, 1.54) is 0 Å². The Kier molecular flexibility index (Phi) is 5.93. The molecule has 0 aliphatic heterocycles. The lowest BCUT2D eigenvalue weighted by molar-refractivity contribution is -0.136. The average Bonchev–Trinajstić information content (AvgIpc) is 3.10. The number of aromatic nitrogens is 2. The number of aryl methyl sites for hydroxylation is 1. The van der Waals surface area contributed by atoms with Crippen molar-refractivity contribution in [1.82, 2.24) is 9.97 Å². The summed E-state index contributed by atoms with van der Waals surface area (Å²) in [6.45, 7) is 0. The van der Waals surface area contributed by atoms with Crippen LogP contribution in [-0.2, 0) is 11.2 Å². The third kappa shape index (κ3) is 4.90. The molecule has 2 N–H and O–H groups in total. The number of rotatable bonds is 4. The molecular formula is C18H18N2O2. The van der Waals surface area contributed by atoms with E-state index in [0.29, 0.717) is 6.42 Å². The number of hydrogen-bond acceptors (Lipinski definition) is 2. The van der Waals surface area contributed by atoms with E-state index in [0.717, 1.165) is 16.8 Å². The Bertz CT molecular complexity index is 653. The van der Waals surface area contributed by atoms with Gasteiger partial charge in [0.15, 0.2) is 0 Å². The topological polar surface area (TPSA) is 66.0 Å². The molecule has 3 aromatic rings. The Morgan fingerprint density at radius 1 is 1.00 bits per heavy atom. The van der Waals surface area contributed by atoms with Crippen molar-refractivity contribution in [3.05, 3.63) is 78.8 Å². The van der Waals surface area contributed by atoms with E-state index in [1.54, 1.807) is 12.4 Å². The van der Waals surface area contributed by atoms with Crippen LogP contribution in [0.5, 0.6) is 0 Å². The number of hydrogen-bond donors (Lipinski definition) is 2. The van der Waals surface area contributed by atoms with Crippen molar-refractivity contribution in [2.24, 2.45) is 0 Å². The van der Waals surface area contributed by atoms with Gasteiger partial charge < -0.3 is 10.1 Å². The van der Waals surface area contributed by atoms with Crippen molar-refractivity contribution >= 4 is 5.97 Å². The Balaban J connectivity index is 0.000000246. The van der Waals surface area contributed by atoms with Crippen LogP contribution in [0.25, 0.3) is 11.3 Å². The zero-order valence-corrected chi connectivity index (χ0v) is 12.1. The van der Waals surface area contributed by atoms with Crippen molar-refractivity contribution in [3.63, 3.8) is 0 Å². The molecule has 0 radical (unpaired) electrons. The third-order valence-electron chi connectivity index (χ3n) is 3.08. The molecule has 0 saturated heterocycles. The first-order valence-electron chi connectivity index (χ1n) is 7.06. The van der Waals surface area contributed by atoms with E-state index < -0.39 is 5.97 Å². The number of carbonyl (C=O) groups is 1.